The third-order valence-electron chi connectivity index (χ3n) is 2.91. The van der Waals surface area contributed by atoms with E-state index >= 15 is 0 Å². The molecule has 0 spiro atoms. The van der Waals surface area contributed by atoms with Crippen LogP contribution in [0.1, 0.15) is 18.2 Å². The van der Waals surface area contributed by atoms with Crippen LogP contribution in [-0.2, 0) is 13.1 Å². The Hall–Kier alpha value is -1.28. The average molecular weight is 435 g/mol. The Balaban J connectivity index is 0.00000242. The Morgan fingerprint density at radius 3 is 2.64 bits per heavy atom. The third-order valence-corrected chi connectivity index (χ3v) is 3.16. The highest BCUT2D eigenvalue weighted by Gasteiger charge is 2.07. The monoisotopic (exact) mass is 434 g/mol. The van der Waals surface area contributed by atoms with Gasteiger partial charge in [0.25, 0.3) is 0 Å². The SMILES string of the molecule is CCNC(=NCc1ccon1)N(C)Cc1ccc(Cl)cc1.I. The van der Waals surface area contributed by atoms with Gasteiger partial charge in [-0.05, 0) is 24.6 Å². The van der Waals surface area contributed by atoms with E-state index in [4.69, 9.17) is 16.1 Å². The normalized spacial score (nSPS) is 11.0. The first kappa shape index (κ1) is 18.8. The molecule has 22 heavy (non-hydrogen) atoms. The highest BCUT2D eigenvalue weighted by molar-refractivity contribution is 14.0. The summed E-state index contributed by atoms with van der Waals surface area (Å²) in [5, 5.41) is 7.87. The lowest BCUT2D eigenvalue weighted by molar-refractivity contribution is 0.411. The van der Waals surface area contributed by atoms with Gasteiger partial charge >= 0.3 is 0 Å². The number of hydrogen-bond donors (Lipinski definition) is 1. The number of benzene rings is 1. The molecule has 5 nitrogen and oxygen atoms in total. The molecule has 0 fully saturated rings. The number of aromatic nitrogens is 1. The molecule has 0 radical (unpaired) electrons. The van der Waals surface area contributed by atoms with E-state index in [1.54, 1.807) is 6.26 Å². The quantitative estimate of drug-likeness (QED) is 0.444. The zero-order valence-electron chi connectivity index (χ0n) is 12.6. The van der Waals surface area contributed by atoms with E-state index in [1.807, 2.05) is 44.3 Å². The van der Waals surface area contributed by atoms with Gasteiger partial charge in [0.1, 0.15) is 12.0 Å². The Morgan fingerprint density at radius 2 is 2.05 bits per heavy atom. The van der Waals surface area contributed by atoms with Gasteiger partial charge in [-0.1, -0.05) is 28.9 Å². The average Bonchev–Trinajstić information content (AvgIpc) is 2.99. The highest BCUT2D eigenvalue weighted by atomic mass is 127. The van der Waals surface area contributed by atoms with Crippen LogP contribution in [0, 0.1) is 0 Å². The summed E-state index contributed by atoms with van der Waals surface area (Å²) < 4.78 is 4.81. The van der Waals surface area contributed by atoms with Gasteiger partial charge in [-0.3, -0.25) is 0 Å². The van der Waals surface area contributed by atoms with Crippen molar-refractivity contribution < 1.29 is 4.52 Å². The first-order valence-corrected chi connectivity index (χ1v) is 7.20. The lowest BCUT2D eigenvalue weighted by atomic mass is 10.2. The summed E-state index contributed by atoms with van der Waals surface area (Å²) >= 11 is 5.90. The second-order valence-corrected chi connectivity index (χ2v) is 5.08. The zero-order chi connectivity index (χ0) is 15.1. The summed E-state index contributed by atoms with van der Waals surface area (Å²) in [4.78, 5) is 6.61. The smallest absolute Gasteiger partial charge is 0.194 e. The van der Waals surface area contributed by atoms with Crippen molar-refractivity contribution in [3.63, 3.8) is 0 Å². The van der Waals surface area contributed by atoms with Gasteiger partial charge in [-0.15, -0.1) is 24.0 Å². The second-order valence-electron chi connectivity index (χ2n) is 4.64. The Kier molecular flexibility index (Phi) is 8.26. The molecule has 2 aromatic rings. The number of halogens is 2. The standard InChI is InChI=1S/C15H19ClN4O.HI/c1-3-17-15(18-10-14-8-9-21-19-14)20(2)11-12-4-6-13(16)7-5-12;/h4-9H,3,10-11H2,1-2H3,(H,17,18);1H. The lowest BCUT2D eigenvalue weighted by Crippen LogP contribution is -2.38. The predicted octanol–water partition coefficient (Wildman–Crippen LogP) is 3.54. The largest absolute Gasteiger partial charge is 0.364 e. The topological polar surface area (TPSA) is 53.7 Å². The summed E-state index contributed by atoms with van der Waals surface area (Å²) in [7, 11) is 2.00. The third kappa shape index (κ3) is 5.84. The summed E-state index contributed by atoms with van der Waals surface area (Å²) in [6.45, 7) is 4.09. The van der Waals surface area contributed by atoms with Crippen molar-refractivity contribution >= 4 is 41.5 Å². The minimum Gasteiger partial charge on any atom is -0.364 e. The van der Waals surface area contributed by atoms with Crippen molar-refractivity contribution in [3.05, 3.63) is 52.9 Å². The van der Waals surface area contributed by atoms with Crippen LogP contribution in [0.25, 0.3) is 0 Å². The summed E-state index contributed by atoms with van der Waals surface area (Å²) in [6.07, 6.45) is 1.55. The molecule has 1 aromatic heterocycles. The molecular formula is C15H20ClIN4O. The van der Waals surface area contributed by atoms with E-state index in [0.717, 1.165) is 29.8 Å². The maximum atomic E-state index is 5.90. The Bertz CT molecular complexity index is 572. The molecular weight excluding hydrogens is 415 g/mol. The molecule has 1 heterocycles. The minimum absolute atomic E-state index is 0. The number of hydrogen-bond acceptors (Lipinski definition) is 3. The molecule has 0 aliphatic heterocycles. The fourth-order valence-electron chi connectivity index (χ4n) is 1.88. The molecule has 0 atom stereocenters. The van der Waals surface area contributed by atoms with Crippen LogP contribution in [0.2, 0.25) is 5.02 Å². The molecule has 7 heteroatoms. The van der Waals surface area contributed by atoms with Crippen LogP contribution < -0.4 is 5.32 Å². The van der Waals surface area contributed by atoms with Crippen LogP contribution in [-0.4, -0.2) is 29.6 Å². The fourth-order valence-corrected chi connectivity index (χ4v) is 2.01. The van der Waals surface area contributed by atoms with Crippen molar-refractivity contribution in [2.45, 2.75) is 20.0 Å². The van der Waals surface area contributed by atoms with Crippen molar-refractivity contribution in [3.8, 4) is 0 Å². The molecule has 0 unspecified atom stereocenters. The van der Waals surface area contributed by atoms with Crippen LogP contribution in [0.4, 0.5) is 0 Å². The van der Waals surface area contributed by atoms with Crippen LogP contribution in [0.15, 0.2) is 46.1 Å². The van der Waals surface area contributed by atoms with Crippen molar-refractivity contribution in [1.29, 1.82) is 0 Å². The van der Waals surface area contributed by atoms with E-state index in [-0.39, 0.29) is 24.0 Å². The number of aliphatic imine (C=N–C) groups is 1. The maximum absolute atomic E-state index is 5.90. The molecule has 0 aliphatic carbocycles. The van der Waals surface area contributed by atoms with Gasteiger partial charge in [-0.25, -0.2) is 4.99 Å². The summed E-state index contributed by atoms with van der Waals surface area (Å²) in [6, 6.07) is 9.63. The summed E-state index contributed by atoms with van der Waals surface area (Å²) in [5.74, 6) is 0.829. The lowest BCUT2D eigenvalue weighted by Gasteiger charge is -2.22. The molecule has 0 saturated heterocycles. The van der Waals surface area contributed by atoms with E-state index in [0.29, 0.717) is 6.54 Å². The number of rotatable bonds is 5. The van der Waals surface area contributed by atoms with Crippen LogP contribution in [0.3, 0.4) is 0 Å². The number of nitrogens with zero attached hydrogens (tertiary/aromatic N) is 3. The molecule has 0 saturated carbocycles. The van der Waals surface area contributed by atoms with Gasteiger partial charge in [0, 0.05) is 31.2 Å². The first-order valence-electron chi connectivity index (χ1n) is 6.82. The van der Waals surface area contributed by atoms with Crippen molar-refractivity contribution in [2.24, 2.45) is 4.99 Å². The van der Waals surface area contributed by atoms with E-state index in [9.17, 15) is 0 Å². The molecule has 0 aliphatic rings. The molecule has 2 rings (SSSR count). The van der Waals surface area contributed by atoms with Gasteiger partial charge in [0.2, 0.25) is 0 Å². The van der Waals surface area contributed by atoms with Crippen LogP contribution >= 0.6 is 35.6 Å². The minimum atomic E-state index is 0. The molecule has 1 N–H and O–H groups in total. The van der Waals surface area contributed by atoms with E-state index in [1.165, 1.54) is 5.56 Å². The molecule has 120 valence electrons. The van der Waals surface area contributed by atoms with Crippen molar-refractivity contribution in [2.75, 3.05) is 13.6 Å². The maximum Gasteiger partial charge on any atom is 0.194 e. The van der Waals surface area contributed by atoms with Gasteiger partial charge < -0.3 is 14.7 Å². The number of nitrogens with one attached hydrogen (secondary N) is 1. The van der Waals surface area contributed by atoms with Gasteiger partial charge in [0.15, 0.2) is 5.96 Å². The van der Waals surface area contributed by atoms with E-state index in [2.05, 4.69) is 20.4 Å². The Morgan fingerprint density at radius 1 is 1.32 bits per heavy atom. The zero-order valence-corrected chi connectivity index (χ0v) is 15.7. The number of guanidine groups is 1. The fraction of sp³-hybridized carbons (Fsp3) is 0.333. The van der Waals surface area contributed by atoms with Gasteiger partial charge in [-0.2, -0.15) is 0 Å². The van der Waals surface area contributed by atoms with Gasteiger partial charge in [0.05, 0.1) is 6.54 Å². The second kappa shape index (κ2) is 9.68. The predicted molar refractivity (Wildman–Crippen MR) is 99.7 cm³/mol. The molecule has 0 bridgehead atoms. The molecule has 1 aromatic carbocycles. The van der Waals surface area contributed by atoms with Crippen LogP contribution in [0.5, 0.6) is 0 Å². The van der Waals surface area contributed by atoms with Crippen molar-refractivity contribution in [1.82, 2.24) is 15.4 Å². The molecule has 0 amide bonds. The highest BCUT2D eigenvalue weighted by Crippen LogP contribution is 2.11. The van der Waals surface area contributed by atoms with E-state index < -0.39 is 0 Å². The summed E-state index contributed by atoms with van der Waals surface area (Å²) in [5.41, 5.74) is 1.99. The Labute approximate surface area is 152 Å². The first-order chi connectivity index (χ1) is 10.2.